The molecule has 0 fully saturated rings. The molecule has 34 heavy (non-hydrogen) atoms. The molecule has 1 heterocycles. The van der Waals surface area contributed by atoms with Gasteiger partial charge in [0.15, 0.2) is 10.7 Å². The zero-order valence-corrected chi connectivity index (χ0v) is 19.8. The third-order valence-electron chi connectivity index (χ3n) is 4.41. The number of esters is 1. The first kappa shape index (κ1) is 28.1. The Balaban J connectivity index is 2.71. The number of hydrogen-bond acceptors (Lipinski definition) is 6. The molecule has 0 aliphatic rings. The predicted octanol–water partition coefficient (Wildman–Crippen LogP) is 5.60. The van der Waals surface area contributed by atoms with Crippen molar-refractivity contribution >= 4 is 46.4 Å². The molecule has 0 unspecified atom stereocenters. The van der Waals surface area contributed by atoms with Crippen molar-refractivity contribution in [3.8, 4) is 10.4 Å². The first-order valence-corrected chi connectivity index (χ1v) is 10.8. The monoisotopic (exact) mass is 552 g/mol. The minimum atomic E-state index is -6.19. The summed E-state index contributed by atoms with van der Waals surface area (Å²) < 4.78 is 84.2. The summed E-state index contributed by atoms with van der Waals surface area (Å²) in [6.45, 7) is 3.90. The molecule has 0 saturated carbocycles. The highest BCUT2D eigenvalue weighted by Crippen LogP contribution is 2.54. The molecule has 0 saturated heterocycles. The van der Waals surface area contributed by atoms with E-state index in [0.29, 0.717) is 17.4 Å². The maximum atomic E-state index is 13.3. The van der Waals surface area contributed by atoms with Gasteiger partial charge >= 0.3 is 18.3 Å². The van der Waals surface area contributed by atoms with Crippen LogP contribution in [0, 0.1) is 5.92 Å². The first-order chi connectivity index (χ1) is 15.5. The van der Waals surface area contributed by atoms with Crippen molar-refractivity contribution in [1.29, 1.82) is 0 Å². The van der Waals surface area contributed by atoms with Gasteiger partial charge in [-0.1, -0.05) is 49.2 Å². The molecule has 0 aliphatic carbocycles. The number of methoxy groups -OCH3 is 1. The van der Waals surface area contributed by atoms with Crippen molar-refractivity contribution in [1.82, 2.24) is 10.3 Å². The fraction of sp³-hybridized carbons (Fsp3) is 0.421. The summed E-state index contributed by atoms with van der Waals surface area (Å²) in [6.07, 6.45) is -12.4. The quantitative estimate of drug-likeness (QED) is 0.359. The van der Waals surface area contributed by atoms with Crippen LogP contribution in [0.2, 0.25) is 10.0 Å². The largest absolute Gasteiger partial charge is 0.464 e. The number of hydrogen-bond donors (Lipinski definition) is 2. The summed E-state index contributed by atoms with van der Waals surface area (Å²) in [4.78, 5) is 28.2. The average molecular weight is 553 g/mol. The van der Waals surface area contributed by atoms with Gasteiger partial charge in [-0.3, -0.25) is 4.79 Å². The highest BCUT2D eigenvalue weighted by atomic mass is 35.5. The molecule has 2 N–H and O–H groups in total. The van der Waals surface area contributed by atoms with Crippen LogP contribution in [-0.4, -0.2) is 48.0 Å². The van der Waals surface area contributed by atoms with Crippen LogP contribution in [0.4, 0.5) is 26.3 Å². The lowest BCUT2D eigenvalue weighted by molar-refractivity contribution is -0.376. The number of carbonyl (C=O) groups is 2. The maximum absolute atomic E-state index is 13.3. The average Bonchev–Trinajstić information content (AvgIpc) is 3.16. The molecular formula is C19H16Cl2F6N2O4S. The van der Waals surface area contributed by atoms with Crippen LogP contribution in [-0.2, 0) is 10.3 Å². The Bertz CT molecular complexity index is 1090. The summed E-state index contributed by atoms with van der Waals surface area (Å²) in [7, 11) is 0.994. The van der Waals surface area contributed by atoms with Gasteiger partial charge < -0.3 is 15.2 Å². The number of halogens is 8. The van der Waals surface area contributed by atoms with E-state index >= 15 is 0 Å². The smallest absolute Gasteiger partial charge is 0.430 e. The van der Waals surface area contributed by atoms with Gasteiger partial charge in [0.2, 0.25) is 0 Å². The molecule has 0 radical (unpaired) electrons. The molecule has 0 spiro atoms. The summed E-state index contributed by atoms with van der Waals surface area (Å²) >= 11 is 12.3. The summed E-state index contributed by atoms with van der Waals surface area (Å²) in [5.41, 5.74) is -7.85. The van der Waals surface area contributed by atoms with Crippen molar-refractivity contribution in [3.63, 3.8) is 0 Å². The number of thiazole rings is 1. The molecule has 188 valence electrons. The first-order valence-electron chi connectivity index (χ1n) is 9.19. The van der Waals surface area contributed by atoms with Crippen molar-refractivity contribution in [2.75, 3.05) is 13.7 Å². The lowest BCUT2D eigenvalue weighted by Gasteiger charge is -2.33. The Morgan fingerprint density at radius 2 is 1.68 bits per heavy atom. The molecule has 2 rings (SSSR count). The Morgan fingerprint density at radius 3 is 2.15 bits per heavy atom. The molecule has 1 amide bonds. The molecular weight excluding hydrogens is 537 g/mol. The molecule has 1 aromatic heterocycles. The zero-order valence-electron chi connectivity index (χ0n) is 17.5. The van der Waals surface area contributed by atoms with Crippen molar-refractivity contribution in [2.24, 2.45) is 5.92 Å². The predicted molar refractivity (Wildman–Crippen MR) is 112 cm³/mol. The number of carbonyl (C=O) groups excluding carboxylic acids is 2. The van der Waals surface area contributed by atoms with Crippen LogP contribution in [0.1, 0.15) is 39.7 Å². The van der Waals surface area contributed by atoms with E-state index in [2.05, 4.69) is 15.0 Å². The fourth-order valence-corrected chi connectivity index (χ4v) is 4.30. The minimum absolute atomic E-state index is 0.0743. The van der Waals surface area contributed by atoms with Crippen LogP contribution >= 0.6 is 34.5 Å². The molecule has 15 heteroatoms. The second-order valence-electron chi connectivity index (χ2n) is 7.29. The van der Waals surface area contributed by atoms with Gasteiger partial charge in [0, 0.05) is 17.7 Å². The summed E-state index contributed by atoms with van der Waals surface area (Å²) in [5, 5.41) is 9.87. The van der Waals surface area contributed by atoms with Gasteiger partial charge in [0.25, 0.3) is 11.5 Å². The minimum Gasteiger partial charge on any atom is -0.464 e. The Kier molecular flexibility index (Phi) is 8.18. The third kappa shape index (κ3) is 5.11. The van der Waals surface area contributed by atoms with Gasteiger partial charge in [-0.05, 0) is 5.92 Å². The number of rotatable bonds is 6. The van der Waals surface area contributed by atoms with Gasteiger partial charge in [-0.15, -0.1) is 11.3 Å². The van der Waals surface area contributed by atoms with Gasteiger partial charge in [-0.2, -0.15) is 26.3 Å². The summed E-state index contributed by atoms with van der Waals surface area (Å²) in [6, 6.07) is 0.978. The van der Waals surface area contributed by atoms with Crippen LogP contribution < -0.4 is 5.32 Å². The fourth-order valence-electron chi connectivity index (χ4n) is 2.68. The zero-order chi connectivity index (χ0) is 26.2. The molecule has 1 aromatic carbocycles. The van der Waals surface area contributed by atoms with E-state index in [1.54, 1.807) is 0 Å². The van der Waals surface area contributed by atoms with Gasteiger partial charge in [-0.25, -0.2) is 9.78 Å². The number of benzene rings is 1. The molecule has 0 aliphatic heterocycles. The maximum Gasteiger partial charge on any atom is 0.430 e. The van der Waals surface area contributed by atoms with Crippen molar-refractivity contribution < 1.29 is 45.8 Å². The number of aromatic nitrogens is 1. The molecule has 2 aromatic rings. The summed E-state index contributed by atoms with van der Waals surface area (Å²) in [5.74, 6) is -1.66. The van der Waals surface area contributed by atoms with E-state index < -0.39 is 51.1 Å². The number of nitrogens with zero attached hydrogens (tertiary/aromatic N) is 1. The van der Waals surface area contributed by atoms with Crippen molar-refractivity contribution in [2.45, 2.75) is 31.8 Å². The number of aliphatic hydroxyl groups is 1. The second kappa shape index (κ2) is 9.88. The van der Waals surface area contributed by atoms with Gasteiger partial charge in [0.05, 0.1) is 22.0 Å². The topological polar surface area (TPSA) is 88.5 Å². The van der Waals surface area contributed by atoms with E-state index in [0.717, 1.165) is 7.11 Å². The Labute approximate surface area is 202 Å². The second-order valence-corrected chi connectivity index (χ2v) is 9.04. The number of alkyl halides is 6. The van der Waals surface area contributed by atoms with E-state index in [1.165, 1.54) is 0 Å². The van der Waals surface area contributed by atoms with E-state index in [-0.39, 0.29) is 34.0 Å². The Morgan fingerprint density at radius 1 is 1.12 bits per heavy atom. The highest BCUT2D eigenvalue weighted by molar-refractivity contribution is 7.17. The number of ether oxygens (including phenoxy) is 1. The number of amides is 1. The van der Waals surface area contributed by atoms with Crippen LogP contribution in [0.15, 0.2) is 12.1 Å². The number of nitrogens with one attached hydrogen (secondary N) is 1. The molecule has 0 atom stereocenters. The SMILES string of the molecule is COC(=O)c1nc(C(=O)NCC(C)C)sc1-c1ccc(C(O)(C(F)(F)F)C(F)(F)F)c(Cl)c1Cl. The molecule has 0 bridgehead atoms. The Hall–Kier alpha value is -2.09. The van der Waals surface area contributed by atoms with Crippen molar-refractivity contribution in [3.05, 3.63) is 38.4 Å². The molecule has 6 nitrogen and oxygen atoms in total. The van der Waals surface area contributed by atoms with Crippen LogP contribution in [0.25, 0.3) is 10.4 Å². The van der Waals surface area contributed by atoms with Crippen LogP contribution in [0.5, 0.6) is 0 Å². The highest BCUT2D eigenvalue weighted by Gasteiger charge is 2.72. The third-order valence-corrected chi connectivity index (χ3v) is 6.38. The lowest BCUT2D eigenvalue weighted by atomic mass is 9.91. The van der Waals surface area contributed by atoms with Crippen LogP contribution in [0.3, 0.4) is 0 Å². The van der Waals surface area contributed by atoms with Gasteiger partial charge in [0.1, 0.15) is 0 Å². The van der Waals surface area contributed by atoms with E-state index in [1.807, 2.05) is 13.8 Å². The normalized spacial score (nSPS) is 12.7. The standard InChI is InChI=1S/C19H16Cl2F6N2O4S/c1-7(2)6-28-14(30)15-29-12(16(31)33-3)13(34-15)8-4-5-9(11(21)10(8)20)17(32,18(22,23)24)19(25,26)27/h4-5,7,32H,6H2,1-3H3,(H,28,30). The van der Waals surface area contributed by atoms with E-state index in [9.17, 15) is 41.0 Å². The van der Waals surface area contributed by atoms with E-state index in [4.69, 9.17) is 23.2 Å². The lowest BCUT2D eigenvalue weighted by Crippen LogP contribution is -2.54.